The number of carbonyl (C=O) groups is 2. The van der Waals surface area contributed by atoms with E-state index in [1.165, 1.54) is 7.11 Å². The molecule has 5 nitrogen and oxygen atoms in total. The number of hydrogen-bond acceptors (Lipinski definition) is 5. The van der Waals surface area contributed by atoms with Crippen LogP contribution in [0.4, 0.5) is 0 Å². The fraction of sp³-hybridized carbons (Fsp3) is 0.833. The molecule has 0 aliphatic rings. The maximum atomic E-state index is 11.4. The van der Waals surface area contributed by atoms with Crippen LogP contribution in [0.3, 0.4) is 0 Å². The first-order valence-corrected chi connectivity index (χ1v) is 5.62. The molecule has 0 heterocycles. The second-order valence-corrected chi connectivity index (χ2v) is 4.54. The Morgan fingerprint density at radius 3 is 2.12 bits per heavy atom. The summed E-state index contributed by atoms with van der Waals surface area (Å²) in [6.45, 7) is 5.65. The summed E-state index contributed by atoms with van der Waals surface area (Å²) < 4.78 is 14.8. The first kappa shape index (κ1) is 15.9. The second-order valence-electron chi connectivity index (χ2n) is 4.54. The van der Waals surface area contributed by atoms with Crippen LogP contribution < -0.4 is 0 Å². The van der Waals surface area contributed by atoms with Crippen molar-refractivity contribution in [1.29, 1.82) is 0 Å². The van der Waals surface area contributed by atoms with Crippen molar-refractivity contribution >= 4 is 11.9 Å². The third kappa shape index (κ3) is 7.74. The Morgan fingerprint density at radius 2 is 1.65 bits per heavy atom. The lowest BCUT2D eigenvalue weighted by atomic mass is 10.0. The molecule has 0 rings (SSSR count). The van der Waals surface area contributed by atoms with Crippen LogP contribution in [0.15, 0.2) is 0 Å². The minimum Gasteiger partial charge on any atom is -0.469 e. The van der Waals surface area contributed by atoms with Gasteiger partial charge >= 0.3 is 11.9 Å². The molecule has 0 aliphatic carbocycles. The van der Waals surface area contributed by atoms with Crippen LogP contribution in [0.1, 0.15) is 40.0 Å². The SMILES string of the molecule is COC(=O)CCC(=O)OC(C)CC(C)(C)OC. The summed E-state index contributed by atoms with van der Waals surface area (Å²) in [6.07, 6.45) is 0.461. The zero-order valence-corrected chi connectivity index (χ0v) is 11.2. The van der Waals surface area contributed by atoms with Crippen LogP contribution in [0.5, 0.6) is 0 Å². The van der Waals surface area contributed by atoms with Crippen LogP contribution in [0.25, 0.3) is 0 Å². The highest BCUT2D eigenvalue weighted by molar-refractivity contribution is 5.77. The smallest absolute Gasteiger partial charge is 0.306 e. The lowest BCUT2D eigenvalue weighted by molar-refractivity contribution is -0.154. The van der Waals surface area contributed by atoms with Crippen LogP contribution >= 0.6 is 0 Å². The van der Waals surface area contributed by atoms with Crippen molar-refractivity contribution in [2.75, 3.05) is 14.2 Å². The van der Waals surface area contributed by atoms with Gasteiger partial charge in [0.25, 0.3) is 0 Å². The minimum atomic E-state index is -0.410. The zero-order valence-electron chi connectivity index (χ0n) is 11.2. The molecule has 0 radical (unpaired) electrons. The maximum absolute atomic E-state index is 11.4. The Kier molecular flexibility index (Phi) is 6.80. The quantitative estimate of drug-likeness (QED) is 0.640. The molecule has 100 valence electrons. The van der Waals surface area contributed by atoms with Crippen molar-refractivity contribution in [2.45, 2.75) is 51.7 Å². The molecule has 0 aromatic heterocycles. The first-order valence-electron chi connectivity index (χ1n) is 5.62. The number of ether oxygens (including phenoxy) is 3. The lowest BCUT2D eigenvalue weighted by Gasteiger charge is -2.26. The van der Waals surface area contributed by atoms with Gasteiger partial charge in [0.15, 0.2) is 0 Å². The van der Waals surface area contributed by atoms with Gasteiger partial charge in [-0.25, -0.2) is 0 Å². The summed E-state index contributed by atoms with van der Waals surface area (Å²) in [6, 6.07) is 0. The summed E-state index contributed by atoms with van der Waals surface area (Å²) in [7, 11) is 2.91. The number of methoxy groups -OCH3 is 2. The van der Waals surface area contributed by atoms with Crippen molar-refractivity contribution in [3.05, 3.63) is 0 Å². The van der Waals surface area contributed by atoms with Gasteiger partial charge in [0.2, 0.25) is 0 Å². The predicted molar refractivity (Wildman–Crippen MR) is 62.5 cm³/mol. The van der Waals surface area contributed by atoms with E-state index in [2.05, 4.69) is 4.74 Å². The maximum Gasteiger partial charge on any atom is 0.306 e. The van der Waals surface area contributed by atoms with Gasteiger partial charge in [0, 0.05) is 13.5 Å². The Balaban J connectivity index is 3.92. The van der Waals surface area contributed by atoms with E-state index in [1.807, 2.05) is 13.8 Å². The van der Waals surface area contributed by atoms with E-state index in [4.69, 9.17) is 9.47 Å². The van der Waals surface area contributed by atoms with Crippen LogP contribution in [-0.2, 0) is 23.8 Å². The van der Waals surface area contributed by atoms with Gasteiger partial charge in [-0.15, -0.1) is 0 Å². The zero-order chi connectivity index (χ0) is 13.5. The summed E-state index contributed by atoms with van der Waals surface area (Å²) in [5.41, 5.74) is -0.331. The van der Waals surface area contributed by atoms with Crippen molar-refractivity contribution in [3.8, 4) is 0 Å². The molecular formula is C12H22O5. The molecule has 0 saturated heterocycles. The molecule has 0 aromatic rings. The molecule has 0 amide bonds. The molecule has 0 fully saturated rings. The molecule has 5 heteroatoms. The van der Waals surface area contributed by atoms with Gasteiger partial charge in [-0.3, -0.25) is 9.59 Å². The summed E-state index contributed by atoms with van der Waals surface area (Å²) in [5.74, 6) is -0.804. The van der Waals surface area contributed by atoms with Crippen molar-refractivity contribution < 1.29 is 23.8 Å². The standard InChI is InChI=1S/C12H22O5/c1-9(8-12(2,3)16-5)17-11(14)7-6-10(13)15-4/h9H,6-8H2,1-5H3. The molecule has 0 saturated carbocycles. The van der Waals surface area contributed by atoms with E-state index < -0.39 is 11.9 Å². The molecule has 0 bridgehead atoms. The monoisotopic (exact) mass is 246 g/mol. The van der Waals surface area contributed by atoms with Crippen molar-refractivity contribution in [1.82, 2.24) is 0 Å². The molecule has 0 aromatic carbocycles. The van der Waals surface area contributed by atoms with Gasteiger partial charge in [-0.1, -0.05) is 0 Å². The molecule has 1 atom stereocenters. The highest BCUT2D eigenvalue weighted by Gasteiger charge is 2.22. The average molecular weight is 246 g/mol. The molecule has 17 heavy (non-hydrogen) atoms. The molecule has 0 spiro atoms. The molecular weight excluding hydrogens is 224 g/mol. The number of rotatable bonds is 7. The molecule has 0 N–H and O–H groups in total. The van der Waals surface area contributed by atoms with Crippen molar-refractivity contribution in [3.63, 3.8) is 0 Å². The van der Waals surface area contributed by atoms with E-state index in [9.17, 15) is 9.59 Å². The lowest BCUT2D eigenvalue weighted by Crippen LogP contribution is -2.30. The van der Waals surface area contributed by atoms with Crippen LogP contribution in [0.2, 0.25) is 0 Å². The summed E-state index contributed by atoms with van der Waals surface area (Å²) in [4.78, 5) is 22.2. The number of carbonyl (C=O) groups excluding carboxylic acids is 2. The van der Waals surface area contributed by atoms with Gasteiger partial charge in [0.1, 0.15) is 6.10 Å². The highest BCUT2D eigenvalue weighted by atomic mass is 16.5. The number of hydrogen-bond donors (Lipinski definition) is 0. The number of esters is 2. The van der Waals surface area contributed by atoms with E-state index in [1.54, 1.807) is 14.0 Å². The average Bonchev–Trinajstić information content (AvgIpc) is 2.24. The third-order valence-electron chi connectivity index (χ3n) is 2.43. The van der Waals surface area contributed by atoms with E-state index >= 15 is 0 Å². The van der Waals surface area contributed by atoms with Gasteiger partial charge < -0.3 is 14.2 Å². The van der Waals surface area contributed by atoms with Gasteiger partial charge in [-0.2, -0.15) is 0 Å². The fourth-order valence-electron chi connectivity index (χ4n) is 1.41. The highest BCUT2D eigenvalue weighted by Crippen LogP contribution is 2.17. The predicted octanol–water partition coefficient (Wildman–Crippen LogP) is 1.69. The van der Waals surface area contributed by atoms with E-state index in [0.717, 1.165) is 0 Å². The van der Waals surface area contributed by atoms with Gasteiger partial charge in [0.05, 0.1) is 25.6 Å². The Morgan fingerprint density at radius 1 is 1.12 bits per heavy atom. The minimum absolute atomic E-state index is 0.0461. The molecule has 0 aliphatic heterocycles. The largest absolute Gasteiger partial charge is 0.469 e. The Bertz CT molecular complexity index is 260. The third-order valence-corrected chi connectivity index (χ3v) is 2.43. The van der Waals surface area contributed by atoms with Crippen molar-refractivity contribution in [2.24, 2.45) is 0 Å². The normalized spacial score (nSPS) is 13.0. The van der Waals surface area contributed by atoms with Crippen LogP contribution in [-0.4, -0.2) is 37.9 Å². The second kappa shape index (κ2) is 7.27. The Labute approximate surface area is 102 Å². The van der Waals surface area contributed by atoms with Gasteiger partial charge in [-0.05, 0) is 20.8 Å². The molecule has 1 unspecified atom stereocenters. The van der Waals surface area contributed by atoms with Crippen LogP contribution in [0, 0.1) is 0 Å². The Hall–Kier alpha value is -1.10. The summed E-state index contributed by atoms with van der Waals surface area (Å²) in [5, 5.41) is 0. The fourth-order valence-corrected chi connectivity index (χ4v) is 1.41. The first-order chi connectivity index (χ1) is 7.80. The van der Waals surface area contributed by atoms with E-state index in [0.29, 0.717) is 6.42 Å². The van der Waals surface area contributed by atoms with E-state index in [-0.39, 0.29) is 24.5 Å². The summed E-state index contributed by atoms with van der Waals surface area (Å²) >= 11 is 0. The topological polar surface area (TPSA) is 61.8 Å².